The first-order valence-corrected chi connectivity index (χ1v) is 12.2. The molecule has 1 aromatic heterocycles. The minimum atomic E-state index is 0. The van der Waals surface area contributed by atoms with Crippen molar-refractivity contribution in [2.45, 2.75) is 74.1 Å². The van der Waals surface area contributed by atoms with Crippen molar-refractivity contribution in [1.82, 2.24) is 4.98 Å². The fourth-order valence-electron chi connectivity index (χ4n) is 4.39. The van der Waals surface area contributed by atoms with Crippen molar-refractivity contribution in [3.05, 3.63) is 86.7 Å². The molecule has 0 aliphatic carbocycles. The van der Waals surface area contributed by atoms with E-state index in [0.29, 0.717) is 0 Å². The molecule has 194 valence electrons. The first kappa shape index (κ1) is 34.0. The molecule has 0 spiro atoms. The average molecular weight is 566 g/mol. The number of aryl methyl sites for hydroxylation is 7. The van der Waals surface area contributed by atoms with Crippen LogP contribution in [0.1, 0.15) is 78.0 Å². The fourth-order valence-corrected chi connectivity index (χ4v) is 4.39. The van der Waals surface area contributed by atoms with Gasteiger partial charge in [0.25, 0.3) is 0 Å². The third-order valence-electron chi connectivity index (χ3n) is 6.01. The van der Waals surface area contributed by atoms with Crippen molar-refractivity contribution < 1.29 is 41.9 Å². The number of aromatic nitrogens is 1. The Morgan fingerprint density at radius 3 is 1.11 bits per heavy atom. The van der Waals surface area contributed by atoms with E-state index in [1.165, 1.54) is 33.4 Å². The summed E-state index contributed by atoms with van der Waals surface area (Å²) < 4.78 is 0. The molecule has 0 aliphatic heterocycles. The number of hydrogen-bond acceptors (Lipinski definition) is 3. The van der Waals surface area contributed by atoms with E-state index < -0.39 is 0 Å². The topological polar surface area (TPSA) is 37.6 Å². The molecule has 0 aliphatic rings. The summed E-state index contributed by atoms with van der Waals surface area (Å²) in [5.41, 5.74) is 12.8. The van der Waals surface area contributed by atoms with Crippen molar-refractivity contribution in [1.29, 1.82) is 0 Å². The molecule has 3 rings (SSSR count). The number of rotatable bonds is 8. The maximum Gasteiger partial charge on any atom is 2.00 e. The van der Waals surface area contributed by atoms with Crippen LogP contribution >= 0.6 is 0 Å². The Hall–Kier alpha value is -1.97. The van der Waals surface area contributed by atoms with Crippen molar-refractivity contribution in [3.63, 3.8) is 0 Å². The van der Waals surface area contributed by atoms with Gasteiger partial charge in [-0.1, -0.05) is 63.1 Å². The summed E-state index contributed by atoms with van der Waals surface area (Å²) >= 11 is 0. The zero-order valence-electron chi connectivity index (χ0n) is 22.4. The van der Waals surface area contributed by atoms with Gasteiger partial charge in [0.15, 0.2) is 0 Å². The largest absolute Gasteiger partial charge is 2.00 e. The number of nitrogens with zero attached hydrogens (tertiary/aromatic N) is 3. The van der Waals surface area contributed by atoms with Crippen LogP contribution in [0.3, 0.4) is 0 Å². The maximum absolute atomic E-state index is 4.89. The average Bonchev–Trinajstić information content (AvgIpc) is 2.80. The van der Waals surface area contributed by atoms with Crippen LogP contribution in [0.25, 0.3) is 0 Å². The van der Waals surface area contributed by atoms with Crippen LogP contribution in [-0.2, 0) is 42.8 Å². The molecule has 0 radical (unpaired) electrons. The predicted molar refractivity (Wildman–Crippen MR) is 143 cm³/mol. The van der Waals surface area contributed by atoms with Crippen LogP contribution in [0.4, 0.5) is 11.4 Å². The number of aliphatic imine (C=N–C) groups is 2. The van der Waals surface area contributed by atoms with Crippen LogP contribution in [0.5, 0.6) is 0 Å². The molecule has 0 saturated heterocycles. The summed E-state index contributed by atoms with van der Waals surface area (Å²) in [5.74, 6) is 0. The van der Waals surface area contributed by atoms with E-state index in [1.807, 2.05) is 12.4 Å². The normalized spacial score (nSPS) is 10.8. The molecular weight excluding hydrogens is 529 g/mol. The molecular formula is C30H37Cl2FeN3. The van der Waals surface area contributed by atoms with Gasteiger partial charge in [-0.3, -0.25) is 9.98 Å². The Balaban J connectivity index is 0.00000408. The first-order valence-electron chi connectivity index (χ1n) is 12.2. The van der Waals surface area contributed by atoms with Crippen molar-refractivity contribution in [2.24, 2.45) is 9.98 Å². The predicted octanol–water partition coefficient (Wildman–Crippen LogP) is 1.76. The summed E-state index contributed by atoms with van der Waals surface area (Å²) in [4.78, 5) is 14.6. The third kappa shape index (κ3) is 8.56. The number of halogens is 2. The molecule has 0 fully saturated rings. The van der Waals surface area contributed by atoms with Crippen LogP contribution < -0.4 is 24.8 Å². The van der Waals surface area contributed by atoms with Gasteiger partial charge < -0.3 is 24.8 Å². The van der Waals surface area contributed by atoms with E-state index in [2.05, 4.69) is 84.9 Å². The second kappa shape index (κ2) is 16.0. The minimum absolute atomic E-state index is 0. The molecule has 0 atom stereocenters. The van der Waals surface area contributed by atoms with E-state index in [-0.39, 0.29) is 41.9 Å². The molecule has 0 saturated carbocycles. The summed E-state index contributed by atoms with van der Waals surface area (Å²) in [6.45, 7) is 15.2. The van der Waals surface area contributed by atoms with Gasteiger partial charge in [0, 0.05) is 0 Å². The van der Waals surface area contributed by atoms with Gasteiger partial charge in [0.05, 0.1) is 35.2 Å². The van der Waals surface area contributed by atoms with Crippen LogP contribution in [-0.4, -0.2) is 17.4 Å². The van der Waals surface area contributed by atoms with E-state index in [0.717, 1.165) is 54.0 Å². The molecule has 0 unspecified atom stereocenters. The fraction of sp³-hybridized carbons (Fsp3) is 0.367. The summed E-state index contributed by atoms with van der Waals surface area (Å²) in [6, 6.07) is 13.1. The molecule has 0 bridgehead atoms. The van der Waals surface area contributed by atoms with E-state index in [9.17, 15) is 0 Å². The number of hydrogen-bond donors (Lipinski definition) is 0. The Labute approximate surface area is 240 Å². The zero-order valence-corrected chi connectivity index (χ0v) is 25.0. The zero-order chi connectivity index (χ0) is 24.0. The van der Waals surface area contributed by atoms with Gasteiger partial charge in [-0.15, -0.1) is 0 Å². The van der Waals surface area contributed by atoms with E-state index in [4.69, 9.17) is 15.0 Å². The molecule has 0 N–H and O–H groups in total. The smallest absolute Gasteiger partial charge is 1.00 e. The Morgan fingerprint density at radius 1 is 0.556 bits per heavy atom. The SMILES string of the molecule is CCc1cc(C)cc(CC)c1N=Cc1cc(C)cc(C=Nc2c(CC)cc(C)cc2CC)n1.[Cl-].[Cl-].[Fe+2]. The van der Waals surface area contributed by atoms with Gasteiger partial charge in [-0.25, -0.2) is 4.98 Å². The molecule has 6 heteroatoms. The monoisotopic (exact) mass is 565 g/mol. The second-order valence-electron chi connectivity index (χ2n) is 8.79. The summed E-state index contributed by atoms with van der Waals surface area (Å²) in [5, 5.41) is 0. The molecule has 36 heavy (non-hydrogen) atoms. The standard InChI is InChI=1S/C30H37N3.2ClH.Fe/c1-8-23-12-20(5)13-24(9-2)29(23)31-18-27-16-22(7)17-28(33-27)19-32-30-25(10-3)14-21(6)15-26(30)11-4;;;/h12-19H,8-11H2,1-7H3;2*1H;/q;;;+2/p-2. The second-order valence-corrected chi connectivity index (χ2v) is 8.79. The Kier molecular flexibility index (Phi) is 15.1. The third-order valence-corrected chi connectivity index (χ3v) is 6.01. The van der Waals surface area contributed by atoms with Crippen LogP contribution in [0.2, 0.25) is 0 Å². The van der Waals surface area contributed by atoms with Gasteiger partial charge in [-0.2, -0.15) is 0 Å². The molecule has 3 aromatic rings. The van der Waals surface area contributed by atoms with E-state index in [1.54, 1.807) is 0 Å². The van der Waals surface area contributed by atoms with E-state index >= 15 is 0 Å². The number of pyridine rings is 1. The van der Waals surface area contributed by atoms with Gasteiger partial charge >= 0.3 is 17.1 Å². The Bertz CT molecular complexity index is 1060. The quantitative estimate of drug-likeness (QED) is 0.303. The van der Waals surface area contributed by atoms with Gasteiger partial charge in [0.1, 0.15) is 0 Å². The van der Waals surface area contributed by atoms with Crippen molar-refractivity contribution in [3.8, 4) is 0 Å². The minimum Gasteiger partial charge on any atom is -1.00 e. The molecule has 0 amide bonds. The van der Waals surface area contributed by atoms with Gasteiger partial charge in [0.2, 0.25) is 0 Å². The first-order chi connectivity index (χ1) is 15.9. The van der Waals surface area contributed by atoms with Crippen LogP contribution in [0, 0.1) is 20.8 Å². The summed E-state index contributed by atoms with van der Waals surface area (Å²) in [7, 11) is 0. The maximum atomic E-state index is 4.89. The molecule has 3 nitrogen and oxygen atoms in total. The molecule has 1 heterocycles. The van der Waals surface area contributed by atoms with Crippen LogP contribution in [0.15, 0.2) is 46.4 Å². The van der Waals surface area contributed by atoms with Gasteiger partial charge in [-0.05, 0) is 86.4 Å². The molecule has 2 aromatic carbocycles. The Morgan fingerprint density at radius 2 is 0.833 bits per heavy atom. The van der Waals surface area contributed by atoms with Crippen molar-refractivity contribution >= 4 is 23.8 Å². The van der Waals surface area contributed by atoms with Crippen molar-refractivity contribution in [2.75, 3.05) is 0 Å². The summed E-state index contributed by atoms with van der Waals surface area (Å²) in [6.07, 6.45) is 7.67. The number of benzene rings is 2.